The zero-order chi connectivity index (χ0) is 21.8. The molecule has 0 aliphatic heterocycles. The van der Waals surface area contributed by atoms with Crippen molar-refractivity contribution in [3.8, 4) is 0 Å². The number of hydrogen-bond acceptors (Lipinski definition) is 6. The number of benzene rings is 1. The van der Waals surface area contributed by atoms with Crippen molar-refractivity contribution in [3.05, 3.63) is 57.8 Å². The number of hydrogen-bond donors (Lipinski definition) is 1. The number of esters is 1. The van der Waals surface area contributed by atoms with Crippen molar-refractivity contribution >= 4 is 28.7 Å². The van der Waals surface area contributed by atoms with E-state index in [1.165, 1.54) is 6.33 Å². The van der Waals surface area contributed by atoms with Crippen LogP contribution in [0.4, 0.5) is 5.69 Å². The number of carbonyl (C=O) groups excluding carboxylic acids is 2. The zero-order valence-corrected chi connectivity index (χ0v) is 17.5. The van der Waals surface area contributed by atoms with E-state index in [1.54, 1.807) is 13.8 Å². The highest BCUT2D eigenvalue weighted by atomic mass is 16.5. The minimum atomic E-state index is -0.655. The van der Waals surface area contributed by atoms with Gasteiger partial charge in [-0.1, -0.05) is 32.0 Å². The van der Waals surface area contributed by atoms with Crippen LogP contribution >= 0.6 is 0 Å². The predicted molar refractivity (Wildman–Crippen MR) is 113 cm³/mol. The van der Waals surface area contributed by atoms with E-state index in [2.05, 4.69) is 24.1 Å². The predicted octanol–water partition coefficient (Wildman–Crippen LogP) is 3.63. The van der Waals surface area contributed by atoms with Gasteiger partial charge in [0, 0.05) is 5.69 Å². The summed E-state index contributed by atoms with van der Waals surface area (Å²) >= 11 is 0. The molecule has 0 unspecified atom stereocenters. The molecule has 3 aromatic rings. The van der Waals surface area contributed by atoms with Crippen LogP contribution in [-0.2, 0) is 16.1 Å². The van der Waals surface area contributed by atoms with E-state index in [-0.39, 0.29) is 47.4 Å². The Hall–Kier alpha value is -3.42. The summed E-state index contributed by atoms with van der Waals surface area (Å²) in [5.41, 5.74) is 1.29. The van der Waals surface area contributed by atoms with E-state index >= 15 is 0 Å². The van der Waals surface area contributed by atoms with Gasteiger partial charge in [-0.25, -0.2) is 9.78 Å². The Balaban J connectivity index is 1.91. The second-order valence-corrected chi connectivity index (χ2v) is 7.06. The normalized spacial score (nSPS) is 12.0. The molecule has 0 saturated carbocycles. The molecule has 0 saturated heterocycles. The van der Waals surface area contributed by atoms with Crippen LogP contribution in [0.3, 0.4) is 0 Å². The van der Waals surface area contributed by atoms with Crippen LogP contribution in [0.5, 0.6) is 0 Å². The fourth-order valence-electron chi connectivity index (χ4n) is 3.30. The molecule has 0 fully saturated rings. The Morgan fingerprint density at radius 2 is 2.00 bits per heavy atom. The second kappa shape index (κ2) is 8.94. The molecule has 30 heavy (non-hydrogen) atoms. The first-order valence-corrected chi connectivity index (χ1v) is 9.91. The van der Waals surface area contributed by atoms with Crippen molar-refractivity contribution in [1.82, 2.24) is 9.55 Å². The lowest BCUT2D eigenvalue weighted by Gasteiger charge is -2.15. The molecule has 2 aromatic heterocycles. The lowest BCUT2D eigenvalue weighted by molar-refractivity contribution is -0.116. The standard InChI is InChI=1S/C22H25N3O5/c1-5-13(3)15-9-7-8-10-16(15)24-17(26)11-25-12-23-20-19(21(25)27)18(14(4)30-20)22(28)29-6-2/h7-10,12-13H,5-6,11H2,1-4H3,(H,24,26)/t13-/m1/s1. The van der Waals surface area contributed by atoms with Gasteiger partial charge < -0.3 is 14.5 Å². The molecule has 3 rings (SSSR count). The molecule has 8 heteroatoms. The summed E-state index contributed by atoms with van der Waals surface area (Å²) in [5, 5.41) is 2.89. The smallest absolute Gasteiger partial charge is 0.342 e. The molecule has 158 valence electrons. The molecule has 0 aliphatic rings. The second-order valence-electron chi connectivity index (χ2n) is 7.06. The van der Waals surface area contributed by atoms with Gasteiger partial charge in [-0.3, -0.25) is 14.2 Å². The van der Waals surface area contributed by atoms with Crippen LogP contribution < -0.4 is 10.9 Å². The van der Waals surface area contributed by atoms with Gasteiger partial charge in [0.1, 0.15) is 29.6 Å². The number of nitrogens with one attached hydrogen (secondary N) is 1. The molecule has 1 atom stereocenters. The number of carbonyl (C=O) groups is 2. The van der Waals surface area contributed by atoms with Gasteiger partial charge in [0.05, 0.1) is 6.61 Å². The van der Waals surface area contributed by atoms with Crippen LogP contribution in [0, 0.1) is 6.92 Å². The molecule has 8 nitrogen and oxygen atoms in total. The lowest BCUT2D eigenvalue weighted by Crippen LogP contribution is -2.28. The summed E-state index contributed by atoms with van der Waals surface area (Å²) in [6.45, 7) is 7.33. The van der Waals surface area contributed by atoms with Gasteiger partial charge in [-0.2, -0.15) is 0 Å². The van der Waals surface area contributed by atoms with Crippen LogP contribution in [0.25, 0.3) is 11.1 Å². The van der Waals surface area contributed by atoms with E-state index in [0.717, 1.165) is 16.6 Å². The number of aryl methyl sites for hydroxylation is 1. The molecule has 1 aromatic carbocycles. The third-order valence-electron chi connectivity index (χ3n) is 5.03. The number of fused-ring (bicyclic) bond motifs is 1. The molecule has 0 radical (unpaired) electrons. The average molecular weight is 411 g/mol. The Kier molecular flexibility index (Phi) is 6.34. The van der Waals surface area contributed by atoms with Crippen molar-refractivity contribution < 1.29 is 18.7 Å². The maximum Gasteiger partial charge on any atom is 0.342 e. The average Bonchev–Trinajstić information content (AvgIpc) is 3.07. The summed E-state index contributed by atoms with van der Waals surface area (Å²) in [7, 11) is 0. The number of ether oxygens (including phenoxy) is 1. The number of anilines is 1. The number of amides is 1. The van der Waals surface area contributed by atoms with Gasteiger partial charge >= 0.3 is 5.97 Å². The summed E-state index contributed by atoms with van der Waals surface area (Å²) in [6, 6.07) is 7.59. The maximum atomic E-state index is 13.0. The van der Waals surface area contributed by atoms with Crippen molar-refractivity contribution in [3.63, 3.8) is 0 Å². The molecule has 0 bridgehead atoms. The topological polar surface area (TPSA) is 103 Å². The summed E-state index contributed by atoms with van der Waals surface area (Å²) in [4.78, 5) is 42.0. The number of aromatic nitrogens is 2. The molecule has 2 heterocycles. The summed E-state index contributed by atoms with van der Waals surface area (Å²) in [5.74, 6) is -0.495. The van der Waals surface area contributed by atoms with Crippen molar-refractivity contribution in [2.75, 3.05) is 11.9 Å². The van der Waals surface area contributed by atoms with Crippen LogP contribution in [-0.4, -0.2) is 28.0 Å². The fourth-order valence-corrected chi connectivity index (χ4v) is 3.30. The Labute approximate surface area is 173 Å². The third kappa shape index (κ3) is 4.12. The van der Waals surface area contributed by atoms with Crippen LogP contribution in [0.15, 0.2) is 39.8 Å². The number of furan rings is 1. The lowest BCUT2D eigenvalue weighted by atomic mass is 9.97. The highest BCUT2D eigenvalue weighted by Crippen LogP contribution is 2.26. The third-order valence-corrected chi connectivity index (χ3v) is 5.03. The van der Waals surface area contributed by atoms with E-state index in [4.69, 9.17) is 9.15 Å². The molecule has 1 N–H and O–H groups in total. The maximum absolute atomic E-state index is 13.0. The van der Waals surface area contributed by atoms with Crippen molar-refractivity contribution in [2.24, 2.45) is 0 Å². The Morgan fingerprint density at radius 3 is 2.70 bits per heavy atom. The molecule has 0 spiro atoms. The van der Waals surface area contributed by atoms with E-state index in [0.29, 0.717) is 5.69 Å². The SMILES string of the molecule is CCOC(=O)c1c(C)oc2ncn(CC(=O)Nc3ccccc3[C@H](C)CC)c(=O)c12. The monoisotopic (exact) mass is 411 g/mol. The van der Waals surface area contributed by atoms with Crippen LogP contribution in [0.1, 0.15) is 54.8 Å². The van der Waals surface area contributed by atoms with Crippen molar-refractivity contribution in [2.45, 2.75) is 46.6 Å². The first kappa shape index (κ1) is 21.3. The fraction of sp³-hybridized carbons (Fsp3) is 0.364. The van der Waals surface area contributed by atoms with Crippen molar-refractivity contribution in [1.29, 1.82) is 0 Å². The minimum absolute atomic E-state index is 0.0151. The molecular weight excluding hydrogens is 386 g/mol. The molecule has 0 aliphatic carbocycles. The zero-order valence-electron chi connectivity index (χ0n) is 17.5. The highest BCUT2D eigenvalue weighted by molar-refractivity contribution is 6.03. The van der Waals surface area contributed by atoms with E-state index < -0.39 is 11.5 Å². The van der Waals surface area contributed by atoms with Gasteiger partial charge in [-0.15, -0.1) is 0 Å². The Morgan fingerprint density at radius 1 is 1.27 bits per heavy atom. The largest absolute Gasteiger partial charge is 0.462 e. The summed E-state index contributed by atoms with van der Waals surface area (Å²) < 4.78 is 11.6. The van der Waals surface area contributed by atoms with Gasteiger partial charge in [0.2, 0.25) is 11.6 Å². The highest BCUT2D eigenvalue weighted by Gasteiger charge is 2.24. The quantitative estimate of drug-likeness (QED) is 0.596. The first-order chi connectivity index (χ1) is 14.4. The molecular formula is C22H25N3O5. The first-order valence-electron chi connectivity index (χ1n) is 9.91. The van der Waals surface area contributed by atoms with E-state index in [9.17, 15) is 14.4 Å². The number of para-hydroxylation sites is 1. The minimum Gasteiger partial charge on any atom is -0.462 e. The van der Waals surface area contributed by atoms with E-state index in [1.807, 2.05) is 24.3 Å². The van der Waals surface area contributed by atoms with Crippen LogP contribution in [0.2, 0.25) is 0 Å². The number of nitrogens with zero attached hydrogens (tertiary/aromatic N) is 2. The number of rotatable bonds is 7. The molecule has 1 amide bonds. The van der Waals surface area contributed by atoms with Gasteiger partial charge in [0.15, 0.2) is 0 Å². The Bertz CT molecular complexity index is 1150. The van der Waals surface area contributed by atoms with Gasteiger partial charge in [0.25, 0.3) is 5.56 Å². The summed E-state index contributed by atoms with van der Waals surface area (Å²) in [6.07, 6.45) is 2.17. The van der Waals surface area contributed by atoms with Gasteiger partial charge in [-0.05, 0) is 37.8 Å².